The summed E-state index contributed by atoms with van der Waals surface area (Å²) in [7, 11) is 3.16. The molecular weight excluding hydrogens is 543 g/mol. The second-order valence-corrected chi connectivity index (χ2v) is 11.2. The number of carbonyl (C=O) groups is 1. The summed E-state index contributed by atoms with van der Waals surface area (Å²) in [4.78, 5) is 18.5. The zero-order chi connectivity index (χ0) is 29.2. The number of methoxy groups -OCH3 is 1. The number of nitrogens with zero attached hydrogens (tertiary/aromatic N) is 2. The van der Waals surface area contributed by atoms with Crippen LogP contribution in [0.4, 0.5) is 29.7 Å². The fourth-order valence-electron chi connectivity index (χ4n) is 3.97. The van der Waals surface area contributed by atoms with Gasteiger partial charge < -0.3 is 26.1 Å². The van der Waals surface area contributed by atoms with E-state index in [1.807, 2.05) is 33.9 Å². The first-order valence-electron chi connectivity index (χ1n) is 12.4. The van der Waals surface area contributed by atoms with Crippen molar-refractivity contribution in [1.82, 2.24) is 21.3 Å². The number of aryl methyl sites for hydroxylation is 1. The maximum atomic E-state index is 13.8. The molecule has 214 valence electrons. The topological polar surface area (TPSA) is 103 Å². The minimum absolute atomic E-state index is 0.0659. The number of hydrazine groups is 2. The Labute approximate surface area is 234 Å². The van der Waals surface area contributed by atoms with Crippen molar-refractivity contribution in [1.29, 1.82) is 0 Å². The van der Waals surface area contributed by atoms with Gasteiger partial charge in [0.05, 0.1) is 34.6 Å². The molecule has 1 aliphatic heterocycles. The van der Waals surface area contributed by atoms with E-state index < -0.39 is 17.6 Å². The number of ether oxygens (including phenoxy) is 1. The average Bonchev–Trinajstić information content (AvgIpc) is 3.56. The minimum atomic E-state index is -4.61. The van der Waals surface area contributed by atoms with Crippen LogP contribution in [-0.2, 0) is 12.7 Å². The van der Waals surface area contributed by atoms with Crippen LogP contribution < -0.4 is 36.7 Å². The lowest BCUT2D eigenvalue weighted by atomic mass is 10.0. The molecule has 1 amide bonds. The first kappa shape index (κ1) is 29.2. The third-order valence-electron chi connectivity index (χ3n) is 6.04. The number of thiazole rings is 1. The summed E-state index contributed by atoms with van der Waals surface area (Å²) in [5, 5.41) is 11.3. The van der Waals surface area contributed by atoms with Gasteiger partial charge in [-0.25, -0.2) is 4.98 Å². The standard InChI is InChI=1S/C27H32F3N7O2S/c1-15-7-8-16(10-21(15)37-14-20(35-36-37)22-13-32-25(31-5)40-22)24(38)34-19-11-18(27(28,29)30)9-17(23(19)39-6)12-33-26(2,3)4/h7-11,13-14,33,35-36H,12H2,1-6H3,(H,31,32)(H,34,38). The SMILES string of the molecule is CNc1ncc(C2=CN(c3cc(C(=O)Nc4cc(C(F)(F)F)cc(CNC(C)(C)C)c4OC)ccc3C)NN2)s1. The predicted molar refractivity (Wildman–Crippen MR) is 152 cm³/mol. The van der Waals surface area contributed by atoms with Crippen LogP contribution in [0, 0.1) is 6.92 Å². The molecule has 1 aromatic heterocycles. The zero-order valence-corrected chi connectivity index (χ0v) is 23.8. The summed E-state index contributed by atoms with van der Waals surface area (Å²) in [5.74, 6) is -0.417. The number of anilines is 3. The van der Waals surface area contributed by atoms with Crippen molar-refractivity contribution >= 4 is 39.4 Å². The van der Waals surface area contributed by atoms with E-state index in [4.69, 9.17) is 4.74 Å². The molecule has 0 unspecified atom stereocenters. The van der Waals surface area contributed by atoms with Gasteiger partial charge in [0, 0.05) is 42.7 Å². The quantitative estimate of drug-likeness (QED) is 0.240. The molecule has 13 heteroatoms. The monoisotopic (exact) mass is 575 g/mol. The Bertz CT molecular complexity index is 1430. The van der Waals surface area contributed by atoms with E-state index in [0.717, 1.165) is 33.4 Å². The zero-order valence-electron chi connectivity index (χ0n) is 23.0. The highest BCUT2D eigenvalue weighted by Crippen LogP contribution is 2.38. The highest BCUT2D eigenvalue weighted by molar-refractivity contribution is 7.16. The molecule has 0 saturated heterocycles. The summed E-state index contributed by atoms with van der Waals surface area (Å²) in [6.45, 7) is 7.73. The molecule has 0 atom stereocenters. The minimum Gasteiger partial charge on any atom is -0.494 e. The van der Waals surface area contributed by atoms with E-state index in [-0.39, 0.29) is 34.6 Å². The molecular formula is C27H32F3N7O2S. The molecule has 40 heavy (non-hydrogen) atoms. The molecule has 2 aromatic carbocycles. The Morgan fingerprint density at radius 3 is 2.55 bits per heavy atom. The fraction of sp³-hybridized carbons (Fsp3) is 0.333. The second-order valence-electron chi connectivity index (χ2n) is 10.2. The maximum Gasteiger partial charge on any atom is 0.416 e. The van der Waals surface area contributed by atoms with Crippen molar-refractivity contribution in [2.24, 2.45) is 0 Å². The molecule has 1 aliphatic rings. The van der Waals surface area contributed by atoms with Crippen molar-refractivity contribution in [3.8, 4) is 5.75 Å². The number of amides is 1. The van der Waals surface area contributed by atoms with Crippen molar-refractivity contribution in [3.05, 3.63) is 69.9 Å². The number of benzene rings is 2. The summed E-state index contributed by atoms with van der Waals surface area (Å²) in [5.41, 5.74) is 7.72. The van der Waals surface area contributed by atoms with Crippen molar-refractivity contribution < 1.29 is 22.7 Å². The molecule has 0 bridgehead atoms. The van der Waals surface area contributed by atoms with E-state index in [2.05, 4.69) is 31.9 Å². The summed E-state index contributed by atoms with van der Waals surface area (Å²) in [6, 6.07) is 6.97. The van der Waals surface area contributed by atoms with E-state index in [9.17, 15) is 18.0 Å². The first-order chi connectivity index (χ1) is 18.8. The molecule has 0 aliphatic carbocycles. The number of alkyl halides is 3. The van der Waals surface area contributed by atoms with Crippen LogP contribution in [0.25, 0.3) is 5.70 Å². The van der Waals surface area contributed by atoms with Gasteiger partial charge in [0.2, 0.25) is 0 Å². The van der Waals surface area contributed by atoms with E-state index >= 15 is 0 Å². The molecule has 9 nitrogen and oxygen atoms in total. The van der Waals surface area contributed by atoms with Crippen molar-refractivity contribution in [2.45, 2.75) is 46.0 Å². The van der Waals surface area contributed by atoms with Crippen LogP contribution in [0.5, 0.6) is 5.75 Å². The van der Waals surface area contributed by atoms with Gasteiger partial charge in [0.1, 0.15) is 5.75 Å². The largest absolute Gasteiger partial charge is 0.494 e. The lowest BCUT2D eigenvalue weighted by Gasteiger charge is -2.23. The second kappa shape index (κ2) is 11.4. The van der Waals surface area contributed by atoms with E-state index in [1.165, 1.54) is 18.4 Å². The van der Waals surface area contributed by atoms with Crippen molar-refractivity contribution in [2.75, 3.05) is 29.8 Å². The smallest absolute Gasteiger partial charge is 0.416 e. The number of nitrogens with one attached hydrogen (secondary N) is 5. The molecule has 0 radical (unpaired) electrons. The number of rotatable bonds is 8. The molecule has 2 heterocycles. The Hall–Kier alpha value is -3.81. The lowest BCUT2D eigenvalue weighted by molar-refractivity contribution is -0.137. The number of carbonyl (C=O) groups excluding carboxylic acids is 1. The molecule has 3 aromatic rings. The number of aromatic nitrogens is 1. The molecule has 4 rings (SSSR count). The van der Waals surface area contributed by atoms with Gasteiger partial charge in [0.15, 0.2) is 5.13 Å². The Morgan fingerprint density at radius 2 is 1.93 bits per heavy atom. The van der Waals surface area contributed by atoms with Gasteiger partial charge in [0.25, 0.3) is 5.91 Å². The highest BCUT2D eigenvalue weighted by atomic mass is 32.1. The van der Waals surface area contributed by atoms with E-state index in [1.54, 1.807) is 36.5 Å². The molecule has 5 N–H and O–H groups in total. The summed E-state index contributed by atoms with van der Waals surface area (Å²) >= 11 is 1.47. The van der Waals surface area contributed by atoms with Gasteiger partial charge >= 0.3 is 6.18 Å². The normalized spacial score (nSPS) is 13.6. The molecule has 0 spiro atoms. The first-order valence-corrected chi connectivity index (χ1v) is 13.2. The maximum absolute atomic E-state index is 13.8. The van der Waals surface area contributed by atoms with Gasteiger partial charge in [-0.15, -0.1) is 5.53 Å². The lowest BCUT2D eigenvalue weighted by Crippen LogP contribution is -2.36. The summed E-state index contributed by atoms with van der Waals surface area (Å²) < 4.78 is 46.7. The molecule has 0 fully saturated rings. The Kier molecular flexibility index (Phi) is 8.28. The van der Waals surface area contributed by atoms with Crippen LogP contribution in [0.3, 0.4) is 0 Å². The Balaban J connectivity index is 1.63. The van der Waals surface area contributed by atoms with Gasteiger partial charge in [-0.05, 0) is 57.5 Å². The van der Waals surface area contributed by atoms with Crippen LogP contribution in [-0.4, -0.2) is 30.6 Å². The fourth-order valence-corrected chi connectivity index (χ4v) is 4.70. The van der Waals surface area contributed by atoms with Crippen LogP contribution in [0.15, 0.2) is 42.7 Å². The van der Waals surface area contributed by atoms with Crippen LogP contribution >= 0.6 is 11.3 Å². The Morgan fingerprint density at radius 1 is 1.18 bits per heavy atom. The molecule has 0 saturated carbocycles. The summed E-state index contributed by atoms with van der Waals surface area (Å²) in [6.07, 6.45) is -1.03. The van der Waals surface area contributed by atoms with Gasteiger partial charge in [-0.2, -0.15) is 13.2 Å². The average molecular weight is 576 g/mol. The number of hydrogen-bond donors (Lipinski definition) is 5. The third kappa shape index (κ3) is 6.66. The van der Waals surface area contributed by atoms with Crippen molar-refractivity contribution in [3.63, 3.8) is 0 Å². The van der Waals surface area contributed by atoms with Crippen LogP contribution in [0.2, 0.25) is 0 Å². The highest BCUT2D eigenvalue weighted by Gasteiger charge is 2.33. The van der Waals surface area contributed by atoms with Gasteiger partial charge in [-0.3, -0.25) is 9.80 Å². The predicted octanol–water partition coefficient (Wildman–Crippen LogP) is 5.49. The van der Waals surface area contributed by atoms with Crippen LogP contribution in [0.1, 0.15) is 52.7 Å². The number of hydrogen-bond acceptors (Lipinski definition) is 9. The third-order valence-corrected chi connectivity index (χ3v) is 7.09. The van der Waals surface area contributed by atoms with E-state index in [0.29, 0.717) is 5.69 Å². The van der Waals surface area contributed by atoms with Gasteiger partial charge in [-0.1, -0.05) is 17.4 Å². The number of halogens is 3.